The van der Waals surface area contributed by atoms with Crippen LogP contribution in [-0.4, -0.2) is 23.9 Å². The summed E-state index contributed by atoms with van der Waals surface area (Å²) in [7, 11) is 1.57. The van der Waals surface area contributed by atoms with Crippen LogP contribution < -0.4 is 15.4 Å². The van der Waals surface area contributed by atoms with Gasteiger partial charge in [-0.3, -0.25) is 14.6 Å². The van der Waals surface area contributed by atoms with Crippen molar-refractivity contribution in [1.29, 1.82) is 0 Å². The van der Waals surface area contributed by atoms with Crippen molar-refractivity contribution in [3.63, 3.8) is 0 Å². The molecule has 1 aromatic heterocycles. The lowest BCUT2D eigenvalue weighted by Crippen LogP contribution is -2.23. The topological polar surface area (TPSA) is 80.3 Å². The van der Waals surface area contributed by atoms with Crippen LogP contribution in [0.3, 0.4) is 0 Å². The maximum atomic E-state index is 13.3. The number of aromatic nitrogens is 1. The number of anilines is 1. The third-order valence-corrected chi connectivity index (χ3v) is 4.05. The van der Waals surface area contributed by atoms with Crippen molar-refractivity contribution in [2.75, 3.05) is 12.4 Å². The van der Waals surface area contributed by atoms with Crippen molar-refractivity contribution in [3.05, 3.63) is 89.2 Å². The fraction of sp³-hybridized carbons (Fsp3) is 0.0952. The average molecular weight is 397 g/mol. The zero-order valence-electron chi connectivity index (χ0n) is 15.4. The van der Waals surface area contributed by atoms with Crippen LogP contribution in [0.15, 0.2) is 60.9 Å². The SMILES string of the molecule is COc1ccc(CNC(=O)c2cncc(C(=O)Nc3ccc(F)c(F)c3)c2)cc1. The summed E-state index contributed by atoms with van der Waals surface area (Å²) in [6.07, 6.45) is 2.60. The van der Waals surface area contributed by atoms with E-state index in [1.807, 2.05) is 12.1 Å². The first-order valence-electron chi connectivity index (χ1n) is 8.59. The number of halogens is 2. The van der Waals surface area contributed by atoms with Gasteiger partial charge in [0, 0.05) is 30.7 Å². The van der Waals surface area contributed by atoms with Crippen molar-refractivity contribution in [2.45, 2.75) is 6.54 Å². The van der Waals surface area contributed by atoms with E-state index in [-0.39, 0.29) is 23.4 Å². The highest BCUT2D eigenvalue weighted by atomic mass is 19.2. The van der Waals surface area contributed by atoms with Crippen LogP contribution in [0.5, 0.6) is 5.75 Å². The molecule has 0 atom stereocenters. The van der Waals surface area contributed by atoms with E-state index in [4.69, 9.17) is 4.74 Å². The number of amides is 2. The second kappa shape index (κ2) is 8.92. The fourth-order valence-electron chi connectivity index (χ4n) is 2.49. The molecule has 6 nitrogen and oxygen atoms in total. The lowest BCUT2D eigenvalue weighted by Gasteiger charge is -2.08. The smallest absolute Gasteiger partial charge is 0.257 e. The Balaban J connectivity index is 1.64. The summed E-state index contributed by atoms with van der Waals surface area (Å²) in [6.45, 7) is 0.286. The highest BCUT2D eigenvalue weighted by molar-refractivity contribution is 6.05. The van der Waals surface area contributed by atoms with Crippen LogP contribution in [-0.2, 0) is 6.54 Å². The van der Waals surface area contributed by atoms with Crippen LogP contribution in [0.1, 0.15) is 26.3 Å². The molecule has 0 bridgehead atoms. The number of carbonyl (C=O) groups excluding carboxylic acids is 2. The number of nitrogens with one attached hydrogen (secondary N) is 2. The van der Waals surface area contributed by atoms with Gasteiger partial charge >= 0.3 is 0 Å². The molecule has 0 aliphatic rings. The summed E-state index contributed by atoms with van der Waals surface area (Å²) in [5, 5.41) is 5.17. The second-order valence-corrected chi connectivity index (χ2v) is 6.08. The fourth-order valence-corrected chi connectivity index (χ4v) is 2.49. The molecule has 1 heterocycles. The number of ether oxygens (including phenoxy) is 1. The normalized spacial score (nSPS) is 10.3. The summed E-state index contributed by atoms with van der Waals surface area (Å²) >= 11 is 0. The Labute approximate surface area is 165 Å². The summed E-state index contributed by atoms with van der Waals surface area (Å²) in [5.41, 5.74) is 1.26. The first-order chi connectivity index (χ1) is 14.0. The summed E-state index contributed by atoms with van der Waals surface area (Å²) in [6, 6.07) is 11.6. The third-order valence-electron chi connectivity index (χ3n) is 4.05. The Morgan fingerprint density at radius 3 is 2.28 bits per heavy atom. The van der Waals surface area contributed by atoms with E-state index in [2.05, 4.69) is 15.6 Å². The van der Waals surface area contributed by atoms with Crippen LogP contribution in [0.4, 0.5) is 14.5 Å². The van der Waals surface area contributed by atoms with Crippen LogP contribution in [0.2, 0.25) is 0 Å². The molecule has 0 aliphatic carbocycles. The maximum absolute atomic E-state index is 13.3. The first-order valence-corrected chi connectivity index (χ1v) is 8.59. The molecule has 0 radical (unpaired) electrons. The van der Waals surface area contributed by atoms with Gasteiger partial charge in [-0.25, -0.2) is 8.78 Å². The van der Waals surface area contributed by atoms with Gasteiger partial charge in [0.25, 0.3) is 11.8 Å². The van der Waals surface area contributed by atoms with E-state index in [9.17, 15) is 18.4 Å². The Hall–Kier alpha value is -3.81. The molecule has 2 aromatic carbocycles. The molecular formula is C21H17F2N3O3. The number of hydrogen-bond acceptors (Lipinski definition) is 4. The molecule has 29 heavy (non-hydrogen) atoms. The molecule has 0 saturated carbocycles. The van der Waals surface area contributed by atoms with Gasteiger partial charge in [-0.15, -0.1) is 0 Å². The third kappa shape index (κ3) is 5.13. The minimum absolute atomic E-state index is 0.0864. The van der Waals surface area contributed by atoms with Gasteiger partial charge in [-0.05, 0) is 35.9 Å². The van der Waals surface area contributed by atoms with Gasteiger partial charge in [0.15, 0.2) is 11.6 Å². The molecular weight excluding hydrogens is 380 g/mol. The Kier molecular flexibility index (Phi) is 6.13. The lowest BCUT2D eigenvalue weighted by atomic mass is 10.1. The molecule has 0 spiro atoms. The quantitative estimate of drug-likeness (QED) is 0.667. The second-order valence-electron chi connectivity index (χ2n) is 6.08. The monoisotopic (exact) mass is 397 g/mol. The minimum Gasteiger partial charge on any atom is -0.497 e. The van der Waals surface area contributed by atoms with Gasteiger partial charge in [0.2, 0.25) is 0 Å². The number of carbonyl (C=O) groups is 2. The van der Waals surface area contributed by atoms with Crippen molar-refractivity contribution in [1.82, 2.24) is 10.3 Å². The predicted molar refractivity (Wildman–Crippen MR) is 103 cm³/mol. The Morgan fingerprint density at radius 1 is 0.931 bits per heavy atom. The van der Waals surface area contributed by atoms with Crippen LogP contribution in [0, 0.1) is 11.6 Å². The lowest BCUT2D eigenvalue weighted by molar-refractivity contribution is 0.0950. The Bertz CT molecular complexity index is 1040. The number of rotatable bonds is 6. The molecule has 2 amide bonds. The highest BCUT2D eigenvalue weighted by Gasteiger charge is 2.13. The molecule has 3 aromatic rings. The molecule has 0 fully saturated rings. The largest absolute Gasteiger partial charge is 0.497 e. The van der Waals surface area contributed by atoms with Crippen molar-refractivity contribution >= 4 is 17.5 Å². The van der Waals surface area contributed by atoms with Crippen molar-refractivity contribution < 1.29 is 23.1 Å². The molecule has 3 rings (SSSR count). The van der Waals surface area contributed by atoms with E-state index in [1.54, 1.807) is 19.2 Å². The number of benzene rings is 2. The zero-order chi connectivity index (χ0) is 20.8. The van der Waals surface area contributed by atoms with Gasteiger partial charge in [-0.2, -0.15) is 0 Å². The zero-order valence-corrected chi connectivity index (χ0v) is 15.4. The summed E-state index contributed by atoms with van der Waals surface area (Å²) in [4.78, 5) is 28.6. The maximum Gasteiger partial charge on any atom is 0.257 e. The van der Waals surface area contributed by atoms with E-state index in [0.29, 0.717) is 5.75 Å². The van der Waals surface area contributed by atoms with Crippen LogP contribution in [0.25, 0.3) is 0 Å². The molecule has 148 valence electrons. The molecule has 8 heteroatoms. The van der Waals surface area contributed by atoms with E-state index < -0.39 is 23.4 Å². The van der Waals surface area contributed by atoms with E-state index in [0.717, 1.165) is 17.7 Å². The van der Waals surface area contributed by atoms with Gasteiger partial charge in [-0.1, -0.05) is 12.1 Å². The summed E-state index contributed by atoms with van der Waals surface area (Å²) in [5.74, 6) is -2.39. The Morgan fingerprint density at radius 2 is 1.62 bits per heavy atom. The number of pyridine rings is 1. The van der Waals surface area contributed by atoms with Crippen LogP contribution >= 0.6 is 0 Å². The van der Waals surface area contributed by atoms with Gasteiger partial charge in [0.1, 0.15) is 5.75 Å². The van der Waals surface area contributed by atoms with Crippen molar-refractivity contribution in [3.8, 4) is 5.75 Å². The average Bonchev–Trinajstić information content (AvgIpc) is 2.75. The highest BCUT2D eigenvalue weighted by Crippen LogP contribution is 2.15. The van der Waals surface area contributed by atoms with Gasteiger partial charge < -0.3 is 15.4 Å². The standard InChI is InChI=1S/C21H17F2N3O3/c1-29-17-5-2-13(3-6-17)10-25-20(27)14-8-15(12-24-11-14)21(28)26-16-4-7-18(22)19(23)9-16/h2-9,11-12H,10H2,1H3,(H,25,27)(H,26,28). The molecule has 0 unspecified atom stereocenters. The molecule has 0 aliphatic heterocycles. The first kappa shape index (κ1) is 19.9. The van der Waals surface area contributed by atoms with E-state index in [1.165, 1.54) is 24.5 Å². The summed E-state index contributed by atoms with van der Waals surface area (Å²) < 4.78 is 31.3. The van der Waals surface area contributed by atoms with Crippen molar-refractivity contribution in [2.24, 2.45) is 0 Å². The van der Waals surface area contributed by atoms with Gasteiger partial charge in [0.05, 0.1) is 18.2 Å². The molecule has 0 saturated heterocycles. The minimum atomic E-state index is -1.08. The number of methoxy groups -OCH3 is 1. The predicted octanol–water partition coefficient (Wildman–Crippen LogP) is 3.55. The van der Waals surface area contributed by atoms with E-state index >= 15 is 0 Å². The molecule has 2 N–H and O–H groups in total. The number of hydrogen-bond donors (Lipinski definition) is 2. The number of nitrogens with zero attached hydrogens (tertiary/aromatic N) is 1.